The number of sulfonamides is 1. The van der Waals surface area contributed by atoms with E-state index in [-0.39, 0.29) is 35.9 Å². The predicted molar refractivity (Wildman–Crippen MR) is 116 cm³/mol. The number of amides is 1. The van der Waals surface area contributed by atoms with Crippen molar-refractivity contribution >= 4 is 27.5 Å². The molecule has 0 aliphatic carbocycles. The fourth-order valence-electron chi connectivity index (χ4n) is 3.74. The number of hydrogen-bond acceptors (Lipinski definition) is 5. The van der Waals surface area contributed by atoms with Crippen LogP contribution >= 0.6 is 11.6 Å². The Kier molecular flexibility index (Phi) is 6.84. The number of nitrogens with zero attached hydrogens (tertiary/aromatic N) is 3. The third-order valence-corrected chi connectivity index (χ3v) is 7.72. The molecule has 31 heavy (non-hydrogen) atoms. The molecule has 1 amide bonds. The highest BCUT2D eigenvalue weighted by molar-refractivity contribution is 7.89. The number of piperazine rings is 1. The first-order valence-electron chi connectivity index (χ1n) is 9.81. The van der Waals surface area contributed by atoms with Crippen LogP contribution < -0.4 is 5.56 Å². The van der Waals surface area contributed by atoms with Crippen molar-refractivity contribution in [1.29, 1.82) is 5.26 Å². The molecular weight excluding hydrogens is 440 g/mol. The van der Waals surface area contributed by atoms with Crippen molar-refractivity contribution in [2.75, 3.05) is 26.2 Å². The fraction of sp³-hybridized carbons (Fsp3) is 0.381. The van der Waals surface area contributed by atoms with Crippen molar-refractivity contribution in [2.24, 2.45) is 0 Å². The van der Waals surface area contributed by atoms with Crippen molar-refractivity contribution < 1.29 is 13.2 Å². The maximum absolute atomic E-state index is 12.8. The van der Waals surface area contributed by atoms with E-state index in [1.54, 1.807) is 18.7 Å². The summed E-state index contributed by atoms with van der Waals surface area (Å²) >= 11 is 5.83. The average Bonchev–Trinajstić information content (AvgIpc) is 2.74. The van der Waals surface area contributed by atoms with Crippen LogP contribution in [0.4, 0.5) is 0 Å². The molecule has 1 aliphatic rings. The Hall–Kier alpha value is -2.67. The summed E-state index contributed by atoms with van der Waals surface area (Å²) in [5.41, 5.74) is 1.66. The molecule has 0 unspecified atom stereocenters. The van der Waals surface area contributed by atoms with Gasteiger partial charge in [-0.15, -0.1) is 0 Å². The topological polar surface area (TPSA) is 114 Å². The first kappa shape index (κ1) is 23.0. The Labute approximate surface area is 186 Å². The molecule has 0 bridgehead atoms. The van der Waals surface area contributed by atoms with Gasteiger partial charge in [0.1, 0.15) is 11.6 Å². The number of pyridine rings is 1. The number of aromatic nitrogens is 1. The molecule has 0 radical (unpaired) electrons. The van der Waals surface area contributed by atoms with E-state index in [1.807, 2.05) is 6.07 Å². The summed E-state index contributed by atoms with van der Waals surface area (Å²) in [6, 6.07) is 7.92. The van der Waals surface area contributed by atoms with Gasteiger partial charge < -0.3 is 9.88 Å². The van der Waals surface area contributed by atoms with Crippen molar-refractivity contribution in [3.05, 3.63) is 62.0 Å². The molecule has 1 fully saturated rings. The summed E-state index contributed by atoms with van der Waals surface area (Å²) in [4.78, 5) is 29.0. The number of aromatic amines is 1. The van der Waals surface area contributed by atoms with E-state index in [4.69, 9.17) is 11.6 Å². The van der Waals surface area contributed by atoms with E-state index in [1.165, 1.54) is 28.6 Å². The smallest absolute Gasteiger partial charge is 0.266 e. The number of halogens is 1. The Morgan fingerprint density at radius 3 is 2.35 bits per heavy atom. The van der Waals surface area contributed by atoms with Gasteiger partial charge in [-0.2, -0.15) is 9.57 Å². The molecule has 1 saturated heterocycles. The van der Waals surface area contributed by atoms with Gasteiger partial charge >= 0.3 is 0 Å². The van der Waals surface area contributed by atoms with Crippen LogP contribution in [0.2, 0.25) is 5.02 Å². The number of rotatable bonds is 5. The van der Waals surface area contributed by atoms with Crippen molar-refractivity contribution in [3.8, 4) is 6.07 Å². The van der Waals surface area contributed by atoms with Gasteiger partial charge in [-0.25, -0.2) is 8.42 Å². The molecule has 1 N–H and O–H groups in total. The van der Waals surface area contributed by atoms with Crippen LogP contribution in [0.3, 0.4) is 0 Å². The summed E-state index contributed by atoms with van der Waals surface area (Å²) in [5, 5.41) is 9.64. The molecule has 0 spiro atoms. The predicted octanol–water partition coefficient (Wildman–Crippen LogP) is 1.98. The summed E-state index contributed by atoms with van der Waals surface area (Å²) in [6.45, 7) is 4.49. The number of aryl methyl sites for hydroxylation is 1. The minimum Gasteiger partial charge on any atom is -0.340 e. The Morgan fingerprint density at radius 2 is 1.77 bits per heavy atom. The quantitative estimate of drug-likeness (QED) is 0.729. The van der Waals surface area contributed by atoms with E-state index in [0.29, 0.717) is 35.8 Å². The Bertz CT molecular complexity index is 1190. The Balaban J connectivity index is 1.62. The maximum Gasteiger partial charge on any atom is 0.266 e. The summed E-state index contributed by atoms with van der Waals surface area (Å²) in [7, 11) is -3.63. The molecule has 8 nitrogen and oxygen atoms in total. The zero-order valence-electron chi connectivity index (χ0n) is 17.3. The van der Waals surface area contributed by atoms with Gasteiger partial charge in [0.15, 0.2) is 0 Å². The van der Waals surface area contributed by atoms with E-state index < -0.39 is 15.6 Å². The van der Waals surface area contributed by atoms with Crippen molar-refractivity contribution in [2.45, 2.75) is 31.6 Å². The van der Waals surface area contributed by atoms with Crippen molar-refractivity contribution in [3.63, 3.8) is 0 Å². The average molecular weight is 463 g/mol. The number of carbonyl (C=O) groups is 1. The van der Waals surface area contributed by atoms with Crippen molar-refractivity contribution in [1.82, 2.24) is 14.2 Å². The second kappa shape index (κ2) is 9.22. The number of hydrogen-bond donors (Lipinski definition) is 1. The van der Waals surface area contributed by atoms with E-state index >= 15 is 0 Å². The van der Waals surface area contributed by atoms with E-state index in [2.05, 4.69) is 4.98 Å². The SMILES string of the molecule is Cc1[nH]c(=O)c(C#N)c(C)c1CCC(=O)N1CCN(S(=O)(=O)c2ccc(Cl)cc2)CC1. The lowest BCUT2D eigenvalue weighted by atomic mass is 9.99. The molecule has 0 saturated carbocycles. The lowest BCUT2D eigenvalue weighted by Crippen LogP contribution is -2.50. The normalized spacial score (nSPS) is 15.0. The highest BCUT2D eigenvalue weighted by Crippen LogP contribution is 2.21. The van der Waals surface area contributed by atoms with Crippen LogP contribution in [0, 0.1) is 25.2 Å². The molecule has 0 atom stereocenters. The van der Waals surface area contributed by atoms with E-state index in [9.17, 15) is 23.3 Å². The number of nitriles is 1. The number of benzene rings is 1. The molecule has 1 aliphatic heterocycles. The molecular formula is C21H23ClN4O4S. The highest BCUT2D eigenvalue weighted by Gasteiger charge is 2.30. The van der Waals surface area contributed by atoms with Gasteiger partial charge in [0.2, 0.25) is 15.9 Å². The zero-order chi connectivity index (χ0) is 22.8. The third kappa shape index (κ3) is 4.82. The van der Waals surface area contributed by atoms with Crippen LogP contribution in [0.25, 0.3) is 0 Å². The maximum atomic E-state index is 12.8. The molecule has 2 heterocycles. The largest absolute Gasteiger partial charge is 0.340 e. The second-order valence-corrected chi connectivity index (χ2v) is 9.78. The van der Waals surface area contributed by atoms with Gasteiger partial charge in [-0.1, -0.05) is 11.6 Å². The minimum absolute atomic E-state index is 0.0640. The number of carbonyl (C=O) groups excluding carboxylic acids is 1. The molecule has 164 valence electrons. The van der Waals surface area contributed by atoms with Crippen LogP contribution in [0.5, 0.6) is 0 Å². The number of nitrogens with one attached hydrogen (secondary N) is 1. The van der Waals surface area contributed by atoms with E-state index in [0.717, 1.165) is 5.56 Å². The van der Waals surface area contributed by atoms with Crippen LogP contribution in [-0.4, -0.2) is 54.7 Å². The monoisotopic (exact) mass is 462 g/mol. The summed E-state index contributed by atoms with van der Waals surface area (Å²) in [6.07, 6.45) is 0.605. The molecule has 10 heteroatoms. The zero-order valence-corrected chi connectivity index (χ0v) is 18.9. The molecule has 3 rings (SSSR count). The lowest BCUT2D eigenvalue weighted by molar-refractivity contribution is -0.132. The molecule has 1 aromatic carbocycles. The van der Waals surface area contributed by atoms with Gasteiger partial charge in [0, 0.05) is 43.3 Å². The van der Waals surface area contributed by atoms with Crippen LogP contribution in [0.15, 0.2) is 34.0 Å². The first-order valence-corrected chi connectivity index (χ1v) is 11.6. The summed E-state index contributed by atoms with van der Waals surface area (Å²) < 4.78 is 26.9. The van der Waals surface area contributed by atoms with Crippen LogP contribution in [0.1, 0.15) is 28.8 Å². The van der Waals surface area contributed by atoms with Crippen LogP contribution in [-0.2, 0) is 21.2 Å². The van der Waals surface area contributed by atoms with Gasteiger partial charge in [0.05, 0.1) is 4.90 Å². The lowest BCUT2D eigenvalue weighted by Gasteiger charge is -2.34. The highest BCUT2D eigenvalue weighted by atomic mass is 35.5. The summed E-state index contributed by atoms with van der Waals surface area (Å²) in [5.74, 6) is -0.0907. The number of H-pyrrole nitrogens is 1. The van der Waals surface area contributed by atoms with Gasteiger partial charge in [-0.3, -0.25) is 9.59 Å². The minimum atomic E-state index is -3.63. The Morgan fingerprint density at radius 1 is 1.16 bits per heavy atom. The molecule has 2 aromatic rings. The van der Waals surface area contributed by atoms with Gasteiger partial charge in [0.25, 0.3) is 5.56 Å². The third-order valence-electron chi connectivity index (χ3n) is 5.55. The van der Waals surface area contributed by atoms with Gasteiger partial charge in [-0.05, 0) is 55.7 Å². The molecule has 1 aromatic heterocycles. The second-order valence-electron chi connectivity index (χ2n) is 7.41. The first-order chi connectivity index (χ1) is 14.6. The fourth-order valence-corrected chi connectivity index (χ4v) is 5.29. The standard InChI is InChI=1S/C21H23ClN4O4S/c1-14-18(15(2)24-21(28)19(14)13-23)7-8-20(27)25-9-11-26(12-10-25)31(29,30)17-5-3-16(22)4-6-17/h3-6H,7-12H2,1-2H3,(H,24,28).